The molecule has 12 heteroatoms. The first-order valence-electron chi connectivity index (χ1n) is 16.1. The van der Waals surface area contributed by atoms with Gasteiger partial charge in [-0.3, -0.25) is 14.6 Å². The molecule has 0 atom stereocenters. The van der Waals surface area contributed by atoms with Crippen molar-refractivity contribution in [2.75, 3.05) is 29.9 Å². The molecule has 5 rings (SSSR count). The van der Waals surface area contributed by atoms with Gasteiger partial charge in [-0.05, 0) is 85.0 Å². The lowest BCUT2D eigenvalue weighted by molar-refractivity contribution is -0.137. The maximum atomic E-state index is 13.5. The molecule has 9 nitrogen and oxygen atoms in total. The lowest BCUT2D eigenvalue weighted by Gasteiger charge is -2.29. The van der Waals surface area contributed by atoms with E-state index in [1.54, 1.807) is 30.5 Å². The summed E-state index contributed by atoms with van der Waals surface area (Å²) in [5.41, 5.74) is 9.98. The summed E-state index contributed by atoms with van der Waals surface area (Å²) in [6.07, 6.45) is 2.31. The summed E-state index contributed by atoms with van der Waals surface area (Å²) in [6.45, 7) is 2.09. The van der Waals surface area contributed by atoms with Gasteiger partial charge < -0.3 is 31.7 Å². The summed E-state index contributed by atoms with van der Waals surface area (Å²) in [5, 5.41) is 17.8. The van der Waals surface area contributed by atoms with Crippen LogP contribution >= 0.6 is 0 Å². The number of nitrogens with two attached hydrogens (primary N) is 1. The van der Waals surface area contributed by atoms with Crippen LogP contribution in [0.2, 0.25) is 0 Å². The predicted molar refractivity (Wildman–Crippen MR) is 184 cm³/mol. The van der Waals surface area contributed by atoms with E-state index in [1.807, 2.05) is 24.3 Å². The van der Waals surface area contributed by atoms with Crippen LogP contribution in [0, 0.1) is 0 Å². The third-order valence-corrected chi connectivity index (χ3v) is 8.16. The Morgan fingerprint density at radius 2 is 1.61 bits per heavy atom. The number of benzene rings is 3. The predicted octanol–water partition coefficient (Wildman–Crippen LogP) is 6.21. The van der Waals surface area contributed by atoms with Crippen molar-refractivity contribution >= 4 is 23.2 Å². The third-order valence-electron chi connectivity index (χ3n) is 8.16. The van der Waals surface area contributed by atoms with E-state index in [9.17, 15) is 22.8 Å². The van der Waals surface area contributed by atoms with Crippen LogP contribution in [-0.4, -0.2) is 41.6 Å². The molecule has 1 aliphatic rings. The third kappa shape index (κ3) is 9.60. The molecule has 256 valence electrons. The van der Waals surface area contributed by atoms with Crippen LogP contribution in [0.1, 0.15) is 63.1 Å². The van der Waals surface area contributed by atoms with Crippen molar-refractivity contribution in [1.29, 1.82) is 0 Å². The minimum atomic E-state index is -4.48. The van der Waals surface area contributed by atoms with Gasteiger partial charge in [-0.2, -0.15) is 13.2 Å². The van der Waals surface area contributed by atoms with E-state index in [2.05, 4.69) is 25.8 Å². The summed E-state index contributed by atoms with van der Waals surface area (Å²) in [5.74, 6) is -0.809. The summed E-state index contributed by atoms with van der Waals surface area (Å²) >= 11 is 0. The average Bonchev–Trinajstić information content (AvgIpc) is 3.11. The molecule has 1 fully saturated rings. The van der Waals surface area contributed by atoms with E-state index < -0.39 is 17.6 Å². The number of nitrogens with zero attached hydrogens (tertiary/aromatic N) is 2. The van der Waals surface area contributed by atoms with Crippen LogP contribution in [0.4, 0.5) is 24.5 Å². The molecule has 3 aromatic carbocycles. The van der Waals surface area contributed by atoms with Crippen molar-refractivity contribution in [3.8, 4) is 11.3 Å². The van der Waals surface area contributed by atoms with Gasteiger partial charge in [0.2, 0.25) is 0 Å². The number of anilines is 2. The Bertz CT molecular complexity index is 1800. The molecule has 0 saturated carbocycles. The lowest BCUT2D eigenvalue weighted by Crippen LogP contribution is -2.29. The second-order valence-corrected chi connectivity index (χ2v) is 11.8. The maximum absolute atomic E-state index is 13.5. The van der Waals surface area contributed by atoms with Crippen LogP contribution in [0.3, 0.4) is 0 Å². The zero-order chi connectivity index (χ0) is 34.8. The van der Waals surface area contributed by atoms with Crippen molar-refractivity contribution in [3.05, 3.63) is 125 Å². The Morgan fingerprint density at radius 3 is 2.37 bits per heavy atom. The van der Waals surface area contributed by atoms with Crippen molar-refractivity contribution in [1.82, 2.24) is 15.6 Å². The summed E-state index contributed by atoms with van der Waals surface area (Å²) in [6, 6.07) is 20.9. The Kier molecular flexibility index (Phi) is 11.5. The van der Waals surface area contributed by atoms with Gasteiger partial charge in [0.1, 0.15) is 0 Å². The van der Waals surface area contributed by atoms with E-state index in [0.717, 1.165) is 55.7 Å². The number of piperidine rings is 1. The molecule has 1 aromatic heterocycles. The smallest absolute Gasteiger partial charge is 0.401 e. The molecule has 2 heterocycles. The first-order chi connectivity index (χ1) is 23.6. The van der Waals surface area contributed by atoms with E-state index in [1.165, 1.54) is 24.4 Å². The molecular weight excluding hydrogens is 633 g/mol. The highest BCUT2D eigenvalue weighted by atomic mass is 19.4. The zero-order valence-electron chi connectivity index (χ0n) is 26.9. The number of hydrogen-bond donors (Lipinski definition) is 5. The van der Waals surface area contributed by atoms with E-state index >= 15 is 0 Å². The minimum Gasteiger partial charge on any atom is -0.401 e. The zero-order valence-corrected chi connectivity index (χ0v) is 26.9. The fourth-order valence-electron chi connectivity index (χ4n) is 5.58. The average molecular weight is 673 g/mol. The van der Waals surface area contributed by atoms with Gasteiger partial charge >= 0.3 is 6.18 Å². The van der Waals surface area contributed by atoms with Gasteiger partial charge in [0.25, 0.3) is 11.8 Å². The monoisotopic (exact) mass is 672 g/mol. The van der Waals surface area contributed by atoms with Crippen LogP contribution in [0.15, 0.2) is 97.0 Å². The Labute approximate surface area is 283 Å². The lowest BCUT2D eigenvalue weighted by atomic mass is 10.0. The fraction of sp³-hybridized carbons (Fsp3) is 0.270. The summed E-state index contributed by atoms with van der Waals surface area (Å²) < 4.78 is 39.5. The Hall–Kier alpha value is -5.36. The van der Waals surface area contributed by atoms with Crippen LogP contribution in [0.5, 0.6) is 0 Å². The standard InChI is InChI=1S/C37H39F3N6O3/c38-37(39,40)29-9-5-7-26(19-29)23-44-35(48)28-12-14-43-34(20-28)32-21-31(46-15-2-1-3-16-46)10-11-33(32)45-36(49)27-8-4-6-25(18-27)22-42-24-30(41)13-17-47/h4-12,14,18-21,24,42,47H,1-3,13,15-17,22-23,41H2,(H,44,48)(H,45,49)/b30-24-. The number of carbonyl (C=O) groups excluding carboxylic acids is 2. The highest BCUT2D eigenvalue weighted by Crippen LogP contribution is 2.33. The van der Waals surface area contributed by atoms with E-state index in [0.29, 0.717) is 46.7 Å². The molecule has 0 spiro atoms. The molecule has 4 aromatic rings. The van der Waals surface area contributed by atoms with Crippen molar-refractivity contribution < 1.29 is 27.9 Å². The van der Waals surface area contributed by atoms with E-state index in [4.69, 9.17) is 10.8 Å². The number of rotatable bonds is 12. The summed E-state index contributed by atoms with van der Waals surface area (Å²) in [7, 11) is 0. The van der Waals surface area contributed by atoms with Gasteiger partial charge in [-0.1, -0.05) is 24.3 Å². The van der Waals surface area contributed by atoms with Gasteiger partial charge in [0.15, 0.2) is 0 Å². The second kappa shape index (κ2) is 16.2. The molecule has 2 amide bonds. The normalized spacial score (nSPS) is 13.6. The number of alkyl halides is 3. The highest BCUT2D eigenvalue weighted by molar-refractivity contribution is 6.06. The van der Waals surface area contributed by atoms with Crippen molar-refractivity contribution in [2.45, 2.75) is 44.9 Å². The van der Waals surface area contributed by atoms with Crippen LogP contribution in [-0.2, 0) is 19.3 Å². The molecular formula is C37H39F3N6O3. The molecule has 0 aliphatic carbocycles. The van der Waals surface area contributed by atoms with Gasteiger partial charge in [-0.25, -0.2) is 0 Å². The van der Waals surface area contributed by atoms with E-state index in [-0.39, 0.29) is 24.6 Å². The number of aliphatic hydroxyl groups excluding tert-OH is 1. The largest absolute Gasteiger partial charge is 0.416 e. The maximum Gasteiger partial charge on any atom is 0.416 e. The number of hydrogen-bond acceptors (Lipinski definition) is 7. The number of aliphatic hydroxyl groups is 1. The summed E-state index contributed by atoms with van der Waals surface area (Å²) in [4.78, 5) is 33.5. The number of halogens is 3. The van der Waals surface area contributed by atoms with Gasteiger partial charge in [-0.15, -0.1) is 0 Å². The van der Waals surface area contributed by atoms with Crippen LogP contribution < -0.4 is 26.6 Å². The molecule has 0 bridgehead atoms. The minimum absolute atomic E-state index is 0.0447. The number of aromatic nitrogens is 1. The number of pyridine rings is 1. The van der Waals surface area contributed by atoms with Gasteiger partial charge in [0.05, 0.1) is 16.9 Å². The second-order valence-electron chi connectivity index (χ2n) is 11.8. The SMILES string of the molecule is N/C(=C\NCc1cccc(C(=O)Nc2ccc(N3CCCCC3)cc2-c2cc(C(=O)NCc3cccc(C(F)(F)F)c3)ccn2)c1)CCO. The molecule has 1 saturated heterocycles. The highest BCUT2D eigenvalue weighted by Gasteiger charge is 2.30. The number of nitrogens with one attached hydrogen (secondary N) is 3. The molecule has 1 aliphatic heterocycles. The Morgan fingerprint density at radius 1 is 0.878 bits per heavy atom. The topological polar surface area (TPSA) is 133 Å². The first kappa shape index (κ1) is 35.0. The molecule has 49 heavy (non-hydrogen) atoms. The molecule has 6 N–H and O–H groups in total. The first-order valence-corrected chi connectivity index (χ1v) is 16.1. The Balaban J connectivity index is 1.37. The number of amides is 2. The molecule has 0 radical (unpaired) electrons. The van der Waals surface area contributed by atoms with Crippen LogP contribution in [0.25, 0.3) is 11.3 Å². The van der Waals surface area contributed by atoms with Crippen molar-refractivity contribution in [3.63, 3.8) is 0 Å². The number of carbonyl (C=O) groups is 2. The van der Waals surface area contributed by atoms with Crippen molar-refractivity contribution in [2.24, 2.45) is 5.73 Å². The van der Waals surface area contributed by atoms with Gasteiger partial charge in [0, 0.05) is 79.7 Å². The molecule has 0 unspecified atom stereocenters. The quantitative estimate of drug-likeness (QED) is 0.121. The fourth-order valence-corrected chi connectivity index (χ4v) is 5.58.